The van der Waals surface area contributed by atoms with Crippen molar-refractivity contribution in [2.75, 3.05) is 13.2 Å². The zero-order valence-electron chi connectivity index (χ0n) is 19.7. The van der Waals surface area contributed by atoms with E-state index in [-0.39, 0.29) is 33.9 Å². The van der Waals surface area contributed by atoms with E-state index in [9.17, 15) is 31.5 Å². The molecular formula is C21H23Cl2F3N4O8S. The van der Waals surface area contributed by atoms with E-state index in [2.05, 4.69) is 10.2 Å². The molecule has 39 heavy (non-hydrogen) atoms. The molecule has 2 rings (SSSR count). The van der Waals surface area contributed by atoms with Crippen molar-refractivity contribution in [3.63, 3.8) is 0 Å². The van der Waals surface area contributed by atoms with Crippen molar-refractivity contribution < 1.29 is 51.0 Å². The molecule has 7 N–H and O–H groups in total. The van der Waals surface area contributed by atoms with Gasteiger partial charge in [-0.1, -0.05) is 35.3 Å². The molecule has 0 saturated heterocycles. The van der Waals surface area contributed by atoms with Crippen molar-refractivity contribution in [1.29, 1.82) is 5.41 Å². The summed E-state index contributed by atoms with van der Waals surface area (Å²) < 4.78 is 64.6. The molecule has 0 unspecified atom stereocenters. The molecule has 0 radical (unpaired) electrons. The first-order valence-electron chi connectivity index (χ1n) is 10.5. The van der Waals surface area contributed by atoms with E-state index < -0.39 is 34.2 Å². The maximum absolute atomic E-state index is 12.6. The maximum atomic E-state index is 12.6. The second-order valence-electron chi connectivity index (χ2n) is 7.33. The lowest BCUT2D eigenvalue weighted by Gasteiger charge is -2.16. The van der Waals surface area contributed by atoms with Crippen LogP contribution in [0.4, 0.5) is 13.2 Å². The van der Waals surface area contributed by atoms with Crippen LogP contribution in [0.15, 0.2) is 47.4 Å². The van der Waals surface area contributed by atoms with Gasteiger partial charge in [-0.05, 0) is 42.3 Å². The Labute approximate surface area is 230 Å². The molecule has 0 aliphatic heterocycles. The zero-order valence-corrected chi connectivity index (χ0v) is 22.0. The first-order chi connectivity index (χ1) is 18.0. The number of carbonyl (C=O) groups is 2. The van der Waals surface area contributed by atoms with Gasteiger partial charge in [0.15, 0.2) is 0 Å². The molecular weight excluding hydrogens is 596 g/mol. The van der Waals surface area contributed by atoms with Crippen molar-refractivity contribution in [1.82, 2.24) is 10.2 Å². The number of ether oxygens (including phenoxy) is 1. The number of hydrogen-bond donors (Lipinski definition) is 6. The lowest BCUT2D eigenvalue weighted by Crippen LogP contribution is -2.42. The van der Waals surface area contributed by atoms with E-state index in [0.29, 0.717) is 24.3 Å². The van der Waals surface area contributed by atoms with Gasteiger partial charge in [-0.15, -0.1) is 0 Å². The predicted molar refractivity (Wildman–Crippen MR) is 133 cm³/mol. The molecule has 12 nitrogen and oxygen atoms in total. The van der Waals surface area contributed by atoms with Crippen LogP contribution in [0, 0.1) is 5.41 Å². The number of hydrogen-bond acceptors (Lipinski definition) is 7. The molecule has 0 saturated carbocycles. The van der Waals surface area contributed by atoms with Crippen molar-refractivity contribution in [3.05, 3.63) is 58.1 Å². The first-order valence-corrected chi connectivity index (χ1v) is 12.7. The van der Waals surface area contributed by atoms with Gasteiger partial charge in [-0.25, -0.2) is 18.7 Å². The van der Waals surface area contributed by atoms with Gasteiger partial charge < -0.3 is 20.7 Å². The number of aliphatic carboxylic acids is 2. The van der Waals surface area contributed by atoms with Crippen molar-refractivity contribution >= 4 is 51.1 Å². The molecule has 2 aromatic carbocycles. The Balaban J connectivity index is 0.000000956. The highest BCUT2D eigenvalue weighted by molar-refractivity contribution is 7.89. The number of guanidine groups is 1. The summed E-state index contributed by atoms with van der Waals surface area (Å²) in [6.07, 6.45) is -4.63. The summed E-state index contributed by atoms with van der Waals surface area (Å²) in [4.78, 5) is 25.2. The van der Waals surface area contributed by atoms with Gasteiger partial charge in [0.05, 0.1) is 18.1 Å². The van der Waals surface area contributed by atoms with Crippen LogP contribution in [-0.2, 0) is 30.9 Å². The highest BCUT2D eigenvalue weighted by Gasteiger charge is 2.38. The number of hydroxylamine groups is 1. The van der Waals surface area contributed by atoms with Crippen molar-refractivity contribution in [2.45, 2.75) is 30.0 Å². The molecule has 0 fully saturated rings. The van der Waals surface area contributed by atoms with Crippen LogP contribution in [-0.4, -0.2) is 62.0 Å². The summed E-state index contributed by atoms with van der Waals surface area (Å²) in [7, 11) is -4.17. The molecule has 0 aliphatic rings. The van der Waals surface area contributed by atoms with E-state index >= 15 is 0 Å². The molecule has 0 spiro atoms. The van der Waals surface area contributed by atoms with E-state index in [1.54, 1.807) is 24.3 Å². The number of nitrogens with one attached hydrogen (secondary N) is 3. The number of benzene rings is 2. The number of rotatable bonds is 12. The third-order valence-corrected chi connectivity index (χ3v) is 6.08. The fourth-order valence-electron chi connectivity index (χ4n) is 2.53. The third kappa shape index (κ3) is 13.4. The van der Waals surface area contributed by atoms with Crippen LogP contribution < -0.4 is 20.7 Å². The fourth-order valence-corrected chi connectivity index (χ4v) is 4.44. The Morgan fingerprint density at radius 2 is 1.59 bits per heavy atom. The average molecular weight is 619 g/mol. The monoisotopic (exact) mass is 618 g/mol. The van der Waals surface area contributed by atoms with Crippen LogP contribution in [0.25, 0.3) is 0 Å². The minimum absolute atomic E-state index is 0.0896. The summed E-state index contributed by atoms with van der Waals surface area (Å²) in [6.45, 7) is 0.634. The highest BCUT2D eigenvalue weighted by atomic mass is 35.5. The van der Waals surface area contributed by atoms with Crippen LogP contribution in [0.5, 0.6) is 5.75 Å². The number of sulfonamides is 1. The second-order valence-corrected chi connectivity index (χ2v) is 9.92. The van der Waals surface area contributed by atoms with Gasteiger partial charge in [-0.3, -0.25) is 15.0 Å². The summed E-state index contributed by atoms with van der Waals surface area (Å²) in [5.74, 6) is -3.83. The molecule has 2 aromatic rings. The Morgan fingerprint density at radius 3 is 2.05 bits per heavy atom. The van der Waals surface area contributed by atoms with Crippen molar-refractivity contribution in [3.8, 4) is 5.75 Å². The summed E-state index contributed by atoms with van der Waals surface area (Å²) >= 11 is 11.7. The minimum atomic E-state index is -5.08. The molecule has 0 aromatic heterocycles. The standard InChI is InChI=1S/C19H22Cl2N4O6S.C2HF3O2/c20-13-9-14(21)11-16(10-13)32(28,29)25-17(18(26)27)8-12-2-4-15(5-3-12)30-6-1-7-31-24-19(22)23;3-2(4,5)1(6)7/h2-5,9-11,17,25H,1,6-8H2,(H,26,27)(H4,22,23,24);(H,6,7)/t17-;/m0./s1. The second kappa shape index (κ2) is 15.3. The Morgan fingerprint density at radius 1 is 1.05 bits per heavy atom. The number of nitrogens with two attached hydrogens (primary N) is 1. The topological polar surface area (TPSA) is 201 Å². The van der Waals surface area contributed by atoms with E-state index in [0.717, 1.165) is 0 Å². The van der Waals surface area contributed by atoms with Crippen LogP contribution in [0.1, 0.15) is 12.0 Å². The highest BCUT2D eigenvalue weighted by Crippen LogP contribution is 2.23. The van der Waals surface area contributed by atoms with E-state index in [4.69, 9.17) is 53.8 Å². The number of halogens is 5. The summed E-state index contributed by atoms with van der Waals surface area (Å²) in [6, 6.07) is 8.91. The minimum Gasteiger partial charge on any atom is -0.494 e. The van der Waals surface area contributed by atoms with E-state index in [1.165, 1.54) is 18.2 Å². The average Bonchev–Trinajstić information content (AvgIpc) is 2.80. The first kappa shape index (κ1) is 33.7. The number of carboxylic acids is 2. The summed E-state index contributed by atoms with van der Waals surface area (Å²) in [5.41, 5.74) is 7.87. The van der Waals surface area contributed by atoms with Gasteiger partial charge in [0.1, 0.15) is 11.8 Å². The molecule has 1 atom stereocenters. The Hall–Kier alpha value is -3.31. The lowest BCUT2D eigenvalue weighted by molar-refractivity contribution is -0.192. The molecule has 0 heterocycles. The Bertz CT molecular complexity index is 1230. The van der Waals surface area contributed by atoms with Gasteiger partial charge >= 0.3 is 18.1 Å². The van der Waals surface area contributed by atoms with Gasteiger partial charge in [0.25, 0.3) is 0 Å². The lowest BCUT2D eigenvalue weighted by atomic mass is 10.1. The molecule has 0 bridgehead atoms. The van der Waals surface area contributed by atoms with E-state index in [1.807, 2.05) is 0 Å². The molecule has 0 amide bonds. The SMILES string of the molecule is N=C(N)NOCCCOc1ccc(C[C@H](NS(=O)(=O)c2cc(Cl)cc(Cl)c2)C(=O)O)cc1.O=C(O)C(F)(F)F. The normalized spacial score (nSPS) is 12.0. The van der Waals surface area contributed by atoms with Crippen LogP contribution >= 0.6 is 23.2 Å². The molecule has 216 valence electrons. The van der Waals surface area contributed by atoms with Crippen molar-refractivity contribution in [2.24, 2.45) is 5.73 Å². The van der Waals surface area contributed by atoms with Gasteiger partial charge in [0.2, 0.25) is 16.0 Å². The molecule has 18 heteroatoms. The van der Waals surface area contributed by atoms with Crippen LogP contribution in [0.3, 0.4) is 0 Å². The maximum Gasteiger partial charge on any atom is 0.490 e. The third-order valence-electron chi connectivity index (χ3n) is 4.19. The van der Waals surface area contributed by atoms with Gasteiger partial charge in [-0.2, -0.15) is 17.9 Å². The largest absolute Gasteiger partial charge is 0.494 e. The zero-order chi connectivity index (χ0) is 29.8. The fraction of sp³-hybridized carbons (Fsp3) is 0.286. The van der Waals surface area contributed by atoms with Crippen LogP contribution in [0.2, 0.25) is 10.0 Å². The quantitative estimate of drug-likeness (QED) is 0.0888. The molecule has 0 aliphatic carbocycles. The summed E-state index contributed by atoms with van der Waals surface area (Å²) in [5, 5.41) is 23.8. The Kier molecular flexibility index (Phi) is 13.2. The number of alkyl halides is 3. The number of carboxylic acid groups (broad SMARTS) is 2. The van der Waals surface area contributed by atoms with Gasteiger partial charge in [0, 0.05) is 16.5 Å². The predicted octanol–water partition coefficient (Wildman–Crippen LogP) is 2.78. The smallest absolute Gasteiger partial charge is 0.490 e.